The van der Waals surface area contributed by atoms with Crippen molar-refractivity contribution in [3.63, 3.8) is 0 Å². The molecule has 2 heterocycles. The number of ether oxygens (including phenoxy) is 1. The molecule has 1 aliphatic heterocycles. The van der Waals surface area contributed by atoms with Crippen LogP contribution in [0.3, 0.4) is 0 Å². The number of likely N-dealkylation sites (tertiary alicyclic amines) is 1. The molecule has 0 spiro atoms. The number of urea groups is 1. The Labute approximate surface area is 199 Å². The van der Waals surface area contributed by atoms with Crippen LogP contribution >= 0.6 is 11.3 Å². The number of hydrogen-bond donors (Lipinski definition) is 3. The molecule has 0 bridgehead atoms. The highest BCUT2D eigenvalue weighted by molar-refractivity contribution is 7.09. The van der Waals surface area contributed by atoms with Crippen molar-refractivity contribution in [3.05, 3.63) is 52.2 Å². The Balaban J connectivity index is 1.30. The second kappa shape index (κ2) is 11.1. The number of thiophene rings is 1. The van der Waals surface area contributed by atoms with Gasteiger partial charge in [-0.15, -0.1) is 11.3 Å². The third-order valence-electron chi connectivity index (χ3n) is 6.94. The van der Waals surface area contributed by atoms with Crippen LogP contribution in [0.1, 0.15) is 53.8 Å². The summed E-state index contributed by atoms with van der Waals surface area (Å²) in [5, 5.41) is 10.9. The van der Waals surface area contributed by atoms with E-state index in [1.807, 2.05) is 17.5 Å². The standard InChI is InChI=1S/C25H34N4O3S/c1-32-21-9-13-29(14-10-21)25(11-2-3-12-25)18-27-24(31)28-20-7-4-6-19(16-20)23(30)26-17-22-8-5-15-33-22/h4-8,15-16,21H,2-3,9-14,17-18H2,1H3,(H,26,30)(H2,27,28,31). The van der Waals surface area contributed by atoms with Crippen LogP contribution in [0.4, 0.5) is 10.5 Å². The van der Waals surface area contributed by atoms with E-state index in [4.69, 9.17) is 4.74 Å². The highest BCUT2D eigenvalue weighted by Gasteiger charge is 2.41. The lowest BCUT2D eigenvalue weighted by molar-refractivity contribution is -0.00198. The van der Waals surface area contributed by atoms with E-state index in [-0.39, 0.29) is 17.5 Å². The maximum atomic E-state index is 12.7. The molecule has 8 heteroatoms. The fourth-order valence-corrected chi connectivity index (χ4v) is 5.69. The van der Waals surface area contributed by atoms with Gasteiger partial charge in [-0.2, -0.15) is 0 Å². The van der Waals surface area contributed by atoms with Gasteiger partial charge in [0.1, 0.15) is 0 Å². The van der Waals surface area contributed by atoms with Crippen molar-refractivity contribution >= 4 is 29.0 Å². The Morgan fingerprint density at radius 1 is 1.12 bits per heavy atom. The molecule has 7 nitrogen and oxygen atoms in total. The van der Waals surface area contributed by atoms with Crippen molar-refractivity contribution in [1.29, 1.82) is 0 Å². The molecule has 0 radical (unpaired) electrons. The summed E-state index contributed by atoms with van der Waals surface area (Å²) in [5.41, 5.74) is 1.18. The molecule has 0 unspecified atom stereocenters. The average molecular weight is 471 g/mol. The van der Waals surface area contributed by atoms with Crippen molar-refractivity contribution < 1.29 is 14.3 Å². The Morgan fingerprint density at radius 3 is 2.61 bits per heavy atom. The van der Waals surface area contributed by atoms with Gasteiger partial charge in [-0.05, 0) is 55.3 Å². The SMILES string of the molecule is COC1CCN(C2(CNC(=O)Nc3cccc(C(=O)NCc4cccs4)c3)CCCC2)CC1. The Morgan fingerprint density at radius 2 is 1.91 bits per heavy atom. The molecule has 1 aliphatic carbocycles. The number of carbonyl (C=O) groups is 2. The smallest absolute Gasteiger partial charge is 0.319 e. The molecule has 178 valence electrons. The van der Waals surface area contributed by atoms with Crippen molar-refractivity contribution in [2.75, 3.05) is 32.1 Å². The molecule has 3 N–H and O–H groups in total. The lowest BCUT2D eigenvalue weighted by Crippen LogP contribution is -2.57. The number of carbonyl (C=O) groups excluding carboxylic acids is 2. The zero-order chi connectivity index (χ0) is 23.1. The first-order valence-corrected chi connectivity index (χ1v) is 12.7. The van der Waals surface area contributed by atoms with E-state index in [9.17, 15) is 9.59 Å². The summed E-state index contributed by atoms with van der Waals surface area (Å²) in [4.78, 5) is 28.9. The molecule has 1 saturated carbocycles. The zero-order valence-electron chi connectivity index (χ0n) is 19.3. The van der Waals surface area contributed by atoms with Crippen LogP contribution in [-0.4, -0.2) is 55.2 Å². The summed E-state index contributed by atoms with van der Waals surface area (Å²) in [5.74, 6) is -0.156. The molecule has 2 aliphatic rings. The first-order valence-electron chi connectivity index (χ1n) is 11.8. The van der Waals surface area contributed by atoms with Crippen LogP contribution < -0.4 is 16.0 Å². The third-order valence-corrected chi connectivity index (χ3v) is 7.82. The predicted octanol–water partition coefficient (Wildman–Crippen LogP) is 4.22. The van der Waals surface area contributed by atoms with Gasteiger partial charge in [0.2, 0.25) is 0 Å². The number of rotatable bonds is 8. The summed E-state index contributed by atoms with van der Waals surface area (Å²) >= 11 is 1.61. The van der Waals surface area contributed by atoms with Gasteiger partial charge in [0.25, 0.3) is 5.91 Å². The molecule has 2 fully saturated rings. The van der Waals surface area contributed by atoms with E-state index in [0.29, 0.717) is 30.4 Å². The Kier molecular flexibility index (Phi) is 8.01. The largest absolute Gasteiger partial charge is 0.381 e. The lowest BCUT2D eigenvalue weighted by atomic mass is 9.91. The number of anilines is 1. The van der Waals surface area contributed by atoms with Gasteiger partial charge in [0, 0.05) is 48.4 Å². The minimum absolute atomic E-state index is 0.0412. The second-order valence-corrected chi connectivity index (χ2v) is 10.0. The highest BCUT2D eigenvalue weighted by atomic mass is 32.1. The van der Waals surface area contributed by atoms with E-state index in [2.05, 4.69) is 20.9 Å². The molecule has 1 aromatic heterocycles. The van der Waals surface area contributed by atoms with Crippen LogP contribution in [0, 0.1) is 0 Å². The molecule has 1 saturated heterocycles. The number of nitrogens with zero attached hydrogens (tertiary/aromatic N) is 1. The van der Waals surface area contributed by atoms with Gasteiger partial charge in [0.15, 0.2) is 0 Å². The monoisotopic (exact) mass is 470 g/mol. The summed E-state index contributed by atoms with van der Waals surface area (Å²) < 4.78 is 5.53. The predicted molar refractivity (Wildman–Crippen MR) is 132 cm³/mol. The van der Waals surface area contributed by atoms with Gasteiger partial charge in [-0.25, -0.2) is 4.79 Å². The molecular weight excluding hydrogens is 436 g/mol. The molecular formula is C25H34N4O3S. The second-order valence-electron chi connectivity index (χ2n) is 9.00. The van der Waals surface area contributed by atoms with Crippen molar-refractivity contribution in [2.24, 2.45) is 0 Å². The minimum atomic E-state index is -0.232. The zero-order valence-corrected chi connectivity index (χ0v) is 20.1. The number of benzene rings is 1. The third kappa shape index (κ3) is 6.13. The molecule has 33 heavy (non-hydrogen) atoms. The topological polar surface area (TPSA) is 82.7 Å². The number of methoxy groups -OCH3 is 1. The fourth-order valence-electron chi connectivity index (χ4n) is 5.04. The van der Waals surface area contributed by atoms with Crippen molar-refractivity contribution in [1.82, 2.24) is 15.5 Å². The average Bonchev–Trinajstić information content (AvgIpc) is 3.54. The van der Waals surface area contributed by atoms with Crippen molar-refractivity contribution in [3.8, 4) is 0 Å². The van der Waals surface area contributed by atoms with Gasteiger partial charge in [-0.3, -0.25) is 9.69 Å². The summed E-state index contributed by atoms with van der Waals surface area (Å²) in [6.45, 7) is 3.17. The number of amides is 3. The van der Waals surface area contributed by atoms with Gasteiger partial charge in [0.05, 0.1) is 12.6 Å². The molecule has 3 amide bonds. The van der Waals surface area contributed by atoms with E-state index < -0.39 is 0 Å². The van der Waals surface area contributed by atoms with Crippen LogP contribution in [-0.2, 0) is 11.3 Å². The molecule has 1 aromatic carbocycles. The number of nitrogens with one attached hydrogen (secondary N) is 3. The van der Waals surface area contributed by atoms with Gasteiger partial charge >= 0.3 is 6.03 Å². The van der Waals surface area contributed by atoms with E-state index >= 15 is 0 Å². The minimum Gasteiger partial charge on any atom is -0.381 e. The van der Waals surface area contributed by atoms with E-state index in [1.165, 1.54) is 12.8 Å². The number of hydrogen-bond acceptors (Lipinski definition) is 5. The normalized spacial score (nSPS) is 18.7. The molecule has 0 atom stereocenters. The maximum absolute atomic E-state index is 12.7. The highest BCUT2D eigenvalue weighted by Crippen LogP contribution is 2.36. The Hall–Kier alpha value is -2.42. The van der Waals surface area contributed by atoms with Crippen molar-refractivity contribution in [2.45, 2.75) is 56.7 Å². The maximum Gasteiger partial charge on any atom is 0.319 e. The van der Waals surface area contributed by atoms with Crippen LogP contribution in [0.2, 0.25) is 0 Å². The molecule has 2 aromatic rings. The van der Waals surface area contributed by atoms with E-state index in [0.717, 1.165) is 43.6 Å². The Bertz CT molecular complexity index is 919. The number of piperidine rings is 1. The summed E-state index contributed by atoms with van der Waals surface area (Å²) in [7, 11) is 1.79. The van der Waals surface area contributed by atoms with Gasteiger partial charge < -0.3 is 20.7 Å². The van der Waals surface area contributed by atoms with E-state index in [1.54, 1.807) is 42.7 Å². The van der Waals surface area contributed by atoms with Crippen LogP contribution in [0.15, 0.2) is 41.8 Å². The fraction of sp³-hybridized carbons (Fsp3) is 0.520. The summed E-state index contributed by atoms with van der Waals surface area (Å²) in [6.07, 6.45) is 7.09. The first-order chi connectivity index (χ1) is 16.1. The summed E-state index contributed by atoms with van der Waals surface area (Å²) in [6, 6.07) is 10.8. The lowest BCUT2D eigenvalue weighted by Gasteiger charge is -2.45. The van der Waals surface area contributed by atoms with Gasteiger partial charge in [-0.1, -0.05) is 25.0 Å². The quantitative estimate of drug-likeness (QED) is 0.539. The van der Waals surface area contributed by atoms with Crippen LogP contribution in [0.25, 0.3) is 0 Å². The van der Waals surface area contributed by atoms with Crippen LogP contribution in [0.5, 0.6) is 0 Å². The molecule has 4 rings (SSSR count). The first kappa shape index (κ1) is 23.7.